The van der Waals surface area contributed by atoms with Gasteiger partial charge in [-0.1, -0.05) is 19.9 Å². The first-order valence-electron chi connectivity index (χ1n) is 8.49. The van der Waals surface area contributed by atoms with Gasteiger partial charge >= 0.3 is 0 Å². The molecule has 1 aliphatic heterocycles. The Bertz CT molecular complexity index is 620. The molecular formula is C19H31FN4. The number of aliphatic imine (C=N–C) groups is 1. The first kappa shape index (κ1) is 18.7. The van der Waals surface area contributed by atoms with Gasteiger partial charge < -0.3 is 15.1 Å². The highest BCUT2D eigenvalue weighted by molar-refractivity contribution is 5.82. The van der Waals surface area contributed by atoms with E-state index < -0.39 is 0 Å². The quantitative estimate of drug-likeness (QED) is 0.678. The lowest BCUT2D eigenvalue weighted by Gasteiger charge is -2.62. The van der Waals surface area contributed by atoms with Crippen LogP contribution in [0.4, 0.5) is 4.39 Å². The number of guanidine groups is 1. The van der Waals surface area contributed by atoms with Crippen LogP contribution >= 0.6 is 0 Å². The van der Waals surface area contributed by atoms with Gasteiger partial charge in [-0.05, 0) is 45.6 Å². The van der Waals surface area contributed by atoms with Gasteiger partial charge in [-0.2, -0.15) is 0 Å². The van der Waals surface area contributed by atoms with Crippen molar-refractivity contribution in [1.29, 1.82) is 0 Å². The average molecular weight is 334 g/mol. The van der Waals surface area contributed by atoms with Gasteiger partial charge in [-0.3, -0.25) is 4.99 Å². The molecule has 24 heavy (non-hydrogen) atoms. The van der Waals surface area contributed by atoms with Crippen molar-refractivity contribution in [3.63, 3.8) is 0 Å². The zero-order valence-electron chi connectivity index (χ0n) is 16.1. The number of nitrogens with one attached hydrogen (secondary N) is 1. The van der Waals surface area contributed by atoms with Crippen molar-refractivity contribution in [2.75, 3.05) is 27.7 Å². The highest BCUT2D eigenvalue weighted by atomic mass is 19.1. The number of likely N-dealkylation sites (tertiary alicyclic amines) is 1. The van der Waals surface area contributed by atoms with Crippen LogP contribution in [0, 0.1) is 11.2 Å². The first-order valence-corrected chi connectivity index (χ1v) is 8.49. The molecule has 1 aromatic rings. The van der Waals surface area contributed by atoms with Gasteiger partial charge in [0, 0.05) is 43.2 Å². The van der Waals surface area contributed by atoms with Crippen LogP contribution in [0.1, 0.15) is 38.8 Å². The third kappa shape index (κ3) is 3.56. The molecule has 0 aromatic heterocycles. The summed E-state index contributed by atoms with van der Waals surface area (Å²) in [4.78, 5) is 8.70. The number of hydrogen-bond donors (Lipinski definition) is 1. The SMILES string of the molecule is CN=C(NCc1ccc(F)c(CN(C)C)c1)N1CC(C)(C)C1(C)C. The lowest BCUT2D eigenvalue weighted by Crippen LogP contribution is -2.72. The van der Waals surface area contributed by atoms with Crippen molar-refractivity contribution < 1.29 is 4.39 Å². The Balaban J connectivity index is 2.05. The number of rotatable bonds is 4. The standard InChI is InChI=1S/C19H31FN4/c1-18(2)13-24(19(18,3)4)17(21-5)22-11-14-8-9-16(20)15(10-14)12-23(6)7/h8-10H,11-13H2,1-7H3,(H,21,22). The fraction of sp³-hybridized carbons (Fsp3) is 0.632. The Morgan fingerprint density at radius 2 is 1.96 bits per heavy atom. The summed E-state index contributed by atoms with van der Waals surface area (Å²) in [6.45, 7) is 11.3. The second-order valence-corrected chi connectivity index (χ2v) is 8.09. The van der Waals surface area contributed by atoms with Crippen molar-refractivity contribution in [1.82, 2.24) is 15.1 Å². The normalized spacial score (nSPS) is 19.4. The molecule has 1 heterocycles. The van der Waals surface area contributed by atoms with Gasteiger partial charge in [0.25, 0.3) is 0 Å². The van der Waals surface area contributed by atoms with Crippen LogP contribution in [0.3, 0.4) is 0 Å². The van der Waals surface area contributed by atoms with E-state index in [4.69, 9.17) is 0 Å². The average Bonchev–Trinajstić information content (AvgIpc) is 2.49. The zero-order chi connectivity index (χ0) is 18.1. The molecule has 1 saturated heterocycles. The molecule has 0 atom stereocenters. The summed E-state index contributed by atoms with van der Waals surface area (Å²) in [7, 11) is 5.70. The van der Waals surface area contributed by atoms with E-state index in [1.807, 2.05) is 38.2 Å². The van der Waals surface area contributed by atoms with Crippen molar-refractivity contribution in [3.8, 4) is 0 Å². The van der Waals surface area contributed by atoms with Crippen LogP contribution in [-0.2, 0) is 13.1 Å². The molecule has 0 aliphatic carbocycles. The van der Waals surface area contributed by atoms with E-state index >= 15 is 0 Å². The Hall–Kier alpha value is -1.62. The smallest absolute Gasteiger partial charge is 0.194 e. The zero-order valence-corrected chi connectivity index (χ0v) is 16.1. The molecule has 0 bridgehead atoms. The van der Waals surface area contributed by atoms with Crippen LogP contribution in [0.25, 0.3) is 0 Å². The second-order valence-electron chi connectivity index (χ2n) is 8.09. The van der Waals surface area contributed by atoms with E-state index in [0.29, 0.717) is 13.1 Å². The maximum Gasteiger partial charge on any atom is 0.194 e. The molecule has 0 spiro atoms. The molecule has 5 heteroatoms. The lowest BCUT2D eigenvalue weighted by molar-refractivity contribution is -0.0667. The fourth-order valence-electron chi connectivity index (χ4n) is 3.08. The predicted molar refractivity (Wildman–Crippen MR) is 98.6 cm³/mol. The van der Waals surface area contributed by atoms with Crippen molar-refractivity contribution in [2.45, 2.75) is 46.3 Å². The minimum Gasteiger partial charge on any atom is -0.352 e. The molecule has 1 fully saturated rings. The first-order chi connectivity index (χ1) is 11.1. The molecule has 0 radical (unpaired) electrons. The third-order valence-electron chi connectivity index (χ3n) is 5.40. The van der Waals surface area contributed by atoms with E-state index in [9.17, 15) is 4.39 Å². The van der Waals surface area contributed by atoms with Crippen LogP contribution in [0.2, 0.25) is 0 Å². The monoisotopic (exact) mass is 334 g/mol. The number of benzene rings is 1. The summed E-state index contributed by atoms with van der Waals surface area (Å²) in [6.07, 6.45) is 0. The van der Waals surface area contributed by atoms with Gasteiger partial charge in [0.05, 0.1) is 0 Å². The molecule has 0 amide bonds. The molecule has 4 nitrogen and oxygen atoms in total. The molecule has 2 rings (SSSR count). The lowest BCUT2D eigenvalue weighted by atomic mass is 9.65. The summed E-state index contributed by atoms with van der Waals surface area (Å²) in [5.74, 6) is 0.750. The summed E-state index contributed by atoms with van der Waals surface area (Å²) < 4.78 is 13.9. The molecule has 0 saturated carbocycles. The summed E-state index contributed by atoms with van der Waals surface area (Å²) in [6, 6.07) is 5.32. The molecule has 1 aliphatic rings. The molecule has 1 N–H and O–H groups in total. The molecule has 134 valence electrons. The highest BCUT2D eigenvalue weighted by Gasteiger charge is 2.53. The van der Waals surface area contributed by atoms with Gasteiger partial charge in [0.15, 0.2) is 5.96 Å². The van der Waals surface area contributed by atoms with Crippen LogP contribution < -0.4 is 5.32 Å². The van der Waals surface area contributed by atoms with Gasteiger partial charge in [0.2, 0.25) is 0 Å². The largest absolute Gasteiger partial charge is 0.352 e. The number of halogens is 1. The maximum atomic E-state index is 13.9. The third-order valence-corrected chi connectivity index (χ3v) is 5.40. The summed E-state index contributed by atoms with van der Waals surface area (Å²) in [5.41, 5.74) is 2.11. The van der Waals surface area contributed by atoms with Gasteiger partial charge in [0.1, 0.15) is 5.82 Å². The predicted octanol–water partition coefficient (Wildman–Crippen LogP) is 3.08. The van der Waals surface area contributed by atoms with Gasteiger partial charge in [-0.25, -0.2) is 4.39 Å². The minimum absolute atomic E-state index is 0.0632. The van der Waals surface area contributed by atoms with Crippen molar-refractivity contribution in [3.05, 3.63) is 35.1 Å². The minimum atomic E-state index is -0.151. The van der Waals surface area contributed by atoms with Crippen LogP contribution in [-0.4, -0.2) is 49.0 Å². The summed E-state index contributed by atoms with van der Waals surface area (Å²) in [5, 5.41) is 3.42. The Morgan fingerprint density at radius 1 is 1.29 bits per heavy atom. The van der Waals surface area contributed by atoms with E-state index in [1.54, 1.807) is 6.07 Å². The Kier molecular flexibility index (Phi) is 5.23. The fourth-order valence-corrected chi connectivity index (χ4v) is 3.08. The summed E-state index contributed by atoms with van der Waals surface area (Å²) >= 11 is 0. The van der Waals surface area contributed by atoms with Crippen LogP contribution in [0.5, 0.6) is 0 Å². The second kappa shape index (κ2) is 6.71. The molecule has 0 unspecified atom stereocenters. The molecular weight excluding hydrogens is 303 g/mol. The Morgan fingerprint density at radius 3 is 2.46 bits per heavy atom. The maximum absolute atomic E-state index is 13.9. The van der Waals surface area contributed by atoms with Crippen molar-refractivity contribution >= 4 is 5.96 Å². The van der Waals surface area contributed by atoms with Gasteiger partial charge in [-0.15, -0.1) is 0 Å². The van der Waals surface area contributed by atoms with E-state index in [0.717, 1.165) is 23.6 Å². The van der Waals surface area contributed by atoms with E-state index in [2.05, 4.69) is 42.9 Å². The number of nitrogens with zero attached hydrogens (tertiary/aromatic N) is 3. The van der Waals surface area contributed by atoms with E-state index in [-0.39, 0.29) is 16.8 Å². The number of hydrogen-bond acceptors (Lipinski definition) is 2. The highest BCUT2D eigenvalue weighted by Crippen LogP contribution is 2.46. The van der Waals surface area contributed by atoms with E-state index in [1.165, 1.54) is 0 Å². The van der Waals surface area contributed by atoms with Crippen LogP contribution in [0.15, 0.2) is 23.2 Å². The topological polar surface area (TPSA) is 30.9 Å². The Labute approximate surface area is 145 Å². The molecule has 1 aromatic carbocycles. The van der Waals surface area contributed by atoms with Crippen molar-refractivity contribution in [2.24, 2.45) is 10.4 Å².